The molecule has 1 unspecified atom stereocenters. The van der Waals surface area contributed by atoms with Crippen molar-refractivity contribution < 1.29 is 4.74 Å². The van der Waals surface area contributed by atoms with Gasteiger partial charge < -0.3 is 15.4 Å². The smallest absolute Gasteiger partial charge is 0.191 e. The number of aliphatic imine (C=N–C) groups is 1. The Labute approximate surface area is 203 Å². The molecular weight excluding hydrogens is 501 g/mol. The van der Waals surface area contributed by atoms with E-state index in [1.807, 2.05) is 25.1 Å². The van der Waals surface area contributed by atoms with Gasteiger partial charge in [0, 0.05) is 18.8 Å². The lowest BCUT2D eigenvalue weighted by Crippen LogP contribution is -2.44. The van der Waals surface area contributed by atoms with Gasteiger partial charge >= 0.3 is 0 Å². The number of halogens is 1. The minimum atomic E-state index is 0. The number of hydrogen-bond donors (Lipinski definition) is 2. The number of piperidine rings is 1. The molecule has 170 valence electrons. The first kappa shape index (κ1) is 25.4. The van der Waals surface area contributed by atoms with Crippen LogP contribution in [-0.2, 0) is 6.54 Å². The lowest BCUT2D eigenvalue weighted by Gasteiger charge is -2.35. The molecule has 7 heteroatoms. The minimum absolute atomic E-state index is 0. The average Bonchev–Trinajstić information content (AvgIpc) is 2.78. The summed E-state index contributed by atoms with van der Waals surface area (Å²) in [5, 5.41) is 6.94. The van der Waals surface area contributed by atoms with E-state index in [9.17, 15) is 0 Å². The number of aryl methyl sites for hydroxylation is 1. The highest BCUT2D eigenvalue weighted by Gasteiger charge is 2.22. The third-order valence-corrected chi connectivity index (χ3v) is 5.48. The molecule has 0 radical (unpaired) electrons. The van der Waals surface area contributed by atoms with Gasteiger partial charge in [0.05, 0.1) is 25.4 Å². The number of hydrogen-bond acceptors (Lipinski definition) is 4. The maximum atomic E-state index is 5.34. The van der Waals surface area contributed by atoms with Gasteiger partial charge in [-0.05, 0) is 69.6 Å². The largest absolute Gasteiger partial charge is 0.497 e. The van der Waals surface area contributed by atoms with Crippen molar-refractivity contribution in [2.24, 2.45) is 4.99 Å². The molecule has 1 saturated heterocycles. The molecule has 2 N–H and O–H groups in total. The monoisotopic (exact) mass is 537 g/mol. The maximum absolute atomic E-state index is 5.34. The van der Waals surface area contributed by atoms with Crippen molar-refractivity contribution in [2.75, 3.05) is 33.3 Å². The summed E-state index contributed by atoms with van der Waals surface area (Å²) >= 11 is 0. The molecule has 1 aliphatic heterocycles. The van der Waals surface area contributed by atoms with E-state index in [1.54, 1.807) is 7.11 Å². The number of pyridine rings is 1. The van der Waals surface area contributed by atoms with Gasteiger partial charge in [-0.1, -0.05) is 24.6 Å². The fraction of sp³-hybridized carbons (Fsp3) is 0.500. The van der Waals surface area contributed by atoms with E-state index in [4.69, 9.17) is 9.73 Å². The van der Waals surface area contributed by atoms with Gasteiger partial charge in [0.15, 0.2) is 5.96 Å². The zero-order chi connectivity index (χ0) is 21.2. The number of ether oxygens (including phenoxy) is 1. The molecule has 0 aliphatic carbocycles. The van der Waals surface area contributed by atoms with Gasteiger partial charge in [-0.15, -0.1) is 24.0 Å². The second-order valence-corrected chi connectivity index (χ2v) is 7.73. The highest BCUT2D eigenvalue weighted by Crippen LogP contribution is 2.25. The van der Waals surface area contributed by atoms with Crippen molar-refractivity contribution in [3.8, 4) is 5.75 Å². The number of likely N-dealkylation sites (tertiary alicyclic amines) is 1. The Bertz CT molecular complexity index is 806. The lowest BCUT2D eigenvalue weighted by molar-refractivity contribution is 0.164. The Morgan fingerprint density at radius 1 is 1.10 bits per heavy atom. The van der Waals surface area contributed by atoms with Crippen molar-refractivity contribution in [1.29, 1.82) is 0 Å². The van der Waals surface area contributed by atoms with Crippen LogP contribution >= 0.6 is 24.0 Å². The molecule has 0 amide bonds. The second kappa shape index (κ2) is 13.5. The van der Waals surface area contributed by atoms with Crippen molar-refractivity contribution in [1.82, 2.24) is 20.5 Å². The van der Waals surface area contributed by atoms with E-state index in [2.05, 4.69) is 51.7 Å². The number of aromatic nitrogens is 1. The van der Waals surface area contributed by atoms with Crippen LogP contribution in [0.15, 0.2) is 47.5 Å². The Kier molecular flexibility index (Phi) is 11.1. The van der Waals surface area contributed by atoms with E-state index < -0.39 is 0 Å². The first-order valence-electron chi connectivity index (χ1n) is 11.0. The topological polar surface area (TPSA) is 61.8 Å². The first-order valence-corrected chi connectivity index (χ1v) is 11.0. The average molecular weight is 537 g/mol. The van der Waals surface area contributed by atoms with Crippen molar-refractivity contribution in [3.63, 3.8) is 0 Å². The van der Waals surface area contributed by atoms with Gasteiger partial charge in [-0.25, -0.2) is 4.99 Å². The van der Waals surface area contributed by atoms with E-state index in [0.717, 1.165) is 49.3 Å². The summed E-state index contributed by atoms with van der Waals surface area (Å²) in [4.78, 5) is 11.9. The molecule has 2 aromatic rings. The van der Waals surface area contributed by atoms with Crippen LogP contribution in [0.5, 0.6) is 5.75 Å². The van der Waals surface area contributed by atoms with Crippen LogP contribution in [0.3, 0.4) is 0 Å². The third-order valence-electron chi connectivity index (χ3n) is 5.48. The number of methoxy groups -OCH3 is 1. The fourth-order valence-corrected chi connectivity index (χ4v) is 3.90. The summed E-state index contributed by atoms with van der Waals surface area (Å²) in [6, 6.07) is 14.8. The molecule has 0 spiro atoms. The van der Waals surface area contributed by atoms with Crippen molar-refractivity contribution in [3.05, 3.63) is 59.4 Å². The molecule has 3 rings (SSSR count). The molecule has 0 saturated carbocycles. The van der Waals surface area contributed by atoms with Crippen LogP contribution in [0.2, 0.25) is 0 Å². The fourth-order valence-electron chi connectivity index (χ4n) is 3.90. The van der Waals surface area contributed by atoms with Crippen LogP contribution in [0, 0.1) is 6.92 Å². The highest BCUT2D eigenvalue weighted by atomic mass is 127. The standard InChI is InChI=1S/C24H35N5O.HI/c1-4-25-24(26-17-21-10-8-9-19(2)28-21)27-18-23(29-15-6-5-7-16-29)20-11-13-22(30-3)14-12-20;/h8-14,23H,4-7,15-18H2,1-3H3,(H2,25,26,27);1H. The molecule has 1 atom stereocenters. The molecule has 1 aliphatic rings. The predicted molar refractivity (Wildman–Crippen MR) is 138 cm³/mol. The number of nitrogens with one attached hydrogen (secondary N) is 2. The number of guanidine groups is 1. The molecule has 1 aromatic heterocycles. The number of rotatable bonds is 8. The van der Waals surface area contributed by atoms with E-state index in [0.29, 0.717) is 12.6 Å². The zero-order valence-electron chi connectivity index (χ0n) is 18.9. The Morgan fingerprint density at radius 3 is 2.48 bits per heavy atom. The van der Waals surface area contributed by atoms with Crippen LogP contribution in [0.1, 0.15) is 49.2 Å². The van der Waals surface area contributed by atoms with Crippen LogP contribution in [-0.4, -0.2) is 49.1 Å². The van der Waals surface area contributed by atoms with Gasteiger partial charge in [0.25, 0.3) is 0 Å². The third kappa shape index (κ3) is 7.96. The summed E-state index contributed by atoms with van der Waals surface area (Å²) in [6.07, 6.45) is 3.85. The summed E-state index contributed by atoms with van der Waals surface area (Å²) < 4.78 is 5.34. The van der Waals surface area contributed by atoms with Crippen LogP contribution in [0.4, 0.5) is 0 Å². The first-order chi connectivity index (χ1) is 14.7. The normalized spacial score (nSPS) is 15.6. The van der Waals surface area contributed by atoms with Crippen molar-refractivity contribution in [2.45, 2.75) is 45.7 Å². The highest BCUT2D eigenvalue weighted by molar-refractivity contribution is 14.0. The molecule has 1 fully saturated rings. The summed E-state index contributed by atoms with van der Waals surface area (Å²) in [6.45, 7) is 8.57. The zero-order valence-corrected chi connectivity index (χ0v) is 21.3. The van der Waals surface area contributed by atoms with Crippen LogP contribution in [0.25, 0.3) is 0 Å². The summed E-state index contributed by atoms with van der Waals surface area (Å²) in [7, 11) is 1.71. The molecule has 2 heterocycles. The number of nitrogens with zero attached hydrogens (tertiary/aromatic N) is 3. The minimum Gasteiger partial charge on any atom is -0.497 e. The Morgan fingerprint density at radius 2 is 1.84 bits per heavy atom. The summed E-state index contributed by atoms with van der Waals surface area (Å²) in [5.74, 6) is 1.72. The second-order valence-electron chi connectivity index (χ2n) is 7.73. The van der Waals surface area contributed by atoms with E-state index in [-0.39, 0.29) is 24.0 Å². The van der Waals surface area contributed by atoms with E-state index >= 15 is 0 Å². The quantitative estimate of drug-likeness (QED) is 0.299. The van der Waals surface area contributed by atoms with Crippen molar-refractivity contribution >= 4 is 29.9 Å². The molecule has 6 nitrogen and oxygen atoms in total. The van der Waals surface area contributed by atoms with Gasteiger partial charge in [-0.2, -0.15) is 0 Å². The summed E-state index contributed by atoms with van der Waals surface area (Å²) in [5.41, 5.74) is 3.31. The van der Waals surface area contributed by atoms with Gasteiger partial charge in [0.2, 0.25) is 0 Å². The molecule has 0 bridgehead atoms. The lowest BCUT2D eigenvalue weighted by atomic mass is 10.0. The molecular formula is C24H36IN5O. The molecule has 31 heavy (non-hydrogen) atoms. The number of benzene rings is 1. The molecule has 1 aromatic carbocycles. The SMILES string of the molecule is CCNC(=NCc1cccc(C)n1)NCC(c1ccc(OC)cc1)N1CCCCC1.I. The Hall–Kier alpha value is -1.87. The van der Waals surface area contributed by atoms with E-state index in [1.165, 1.54) is 24.8 Å². The van der Waals surface area contributed by atoms with Gasteiger partial charge in [0.1, 0.15) is 5.75 Å². The van der Waals surface area contributed by atoms with Gasteiger partial charge in [-0.3, -0.25) is 9.88 Å². The maximum Gasteiger partial charge on any atom is 0.191 e. The Balaban J connectivity index is 0.00000341. The predicted octanol–water partition coefficient (Wildman–Crippen LogP) is 4.30. The van der Waals surface area contributed by atoms with Crippen LogP contribution < -0.4 is 15.4 Å².